The fourth-order valence-electron chi connectivity index (χ4n) is 3.09. The van der Waals surface area contributed by atoms with Gasteiger partial charge in [-0.15, -0.1) is 0 Å². The van der Waals surface area contributed by atoms with E-state index in [1.165, 1.54) is 25.9 Å². The molecule has 3 heterocycles. The van der Waals surface area contributed by atoms with Crippen LogP contribution in [0.3, 0.4) is 0 Å². The molecular weight excluding hydrogens is 252 g/mol. The highest BCUT2D eigenvalue weighted by molar-refractivity contribution is 5.46. The SMILES string of the molecule is Cc1cc(N(C)CC2CCCN(C)C2)n2ncnc2n1. The maximum absolute atomic E-state index is 4.39. The van der Waals surface area contributed by atoms with Crippen LogP contribution in [0.25, 0.3) is 5.78 Å². The minimum absolute atomic E-state index is 0.674. The van der Waals surface area contributed by atoms with Crippen LogP contribution < -0.4 is 4.90 Å². The van der Waals surface area contributed by atoms with Crippen molar-refractivity contribution in [3.8, 4) is 0 Å². The molecule has 0 amide bonds. The molecule has 0 aromatic carbocycles. The van der Waals surface area contributed by atoms with Gasteiger partial charge in [0.05, 0.1) is 0 Å². The lowest BCUT2D eigenvalue weighted by Gasteiger charge is -2.33. The molecule has 3 rings (SSSR count). The van der Waals surface area contributed by atoms with Crippen molar-refractivity contribution in [1.82, 2.24) is 24.5 Å². The zero-order valence-corrected chi connectivity index (χ0v) is 12.5. The highest BCUT2D eigenvalue weighted by atomic mass is 15.4. The molecule has 1 unspecified atom stereocenters. The number of aryl methyl sites for hydroxylation is 1. The van der Waals surface area contributed by atoms with Crippen molar-refractivity contribution in [3.05, 3.63) is 18.1 Å². The monoisotopic (exact) mass is 274 g/mol. The summed E-state index contributed by atoms with van der Waals surface area (Å²) < 4.78 is 1.82. The van der Waals surface area contributed by atoms with Crippen LogP contribution in [-0.2, 0) is 0 Å². The molecule has 0 spiro atoms. The Morgan fingerprint density at radius 3 is 3.10 bits per heavy atom. The van der Waals surface area contributed by atoms with E-state index in [9.17, 15) is 0 Å². The lowest BCUT2D eigenvalue weighted by atomic mass is 9.98. The van der Waals surface area contributed by atoms with E-state index >= 15 is 0 Å². The predicted molar refractivity (Wildman–Crippen MR) is 79.0 cm³/mol. The molecule has 108 valence electrons. The first-order chi connectivity index (χ1) is 9.63. The van der Waals surface area contributed by atoms with Gasteiger partial charge in [-0.1, -0.05) is 0 Å². The predicted octanol–water partition coefficient (Wildman–Crippen LogP) is 1.21. The van der Waals surface area contributed by atoms with Gasteiger partial charge >= 0.3 is 0 Å². The molecule has 0 aliphatic carbocycles. The largest absolute Gasteiger partial charge is 0.359 e. The zero-order valence-electron chi connectivity index (χ0n) is 12.5. The highest BCUT2D eigenvalue weighted by Crippen LogP contribution is 2.20. The summed E-state index contributed by atoms with van der Waals surface area (Å²) >= 11 is 0. The molecule has 0 bridgehead atoms. The van der Waals surface area contributed by atoms with Gasteiger partial charge < -0.3 is 9.80 Å². The van der Waals surface area contributed by atoms with E-state index in [-0.39, 0.29) is 0 Å². The third-order valence-electron chi connectivity index (χ3n) is 4.01. The van der Waals surface area contributed by atoms with E-state index in [0.29, 0.717) is 11.7 Å². The molecule has 1 fully saturated rings. The number of anilines is 1. The maximum Gasteiger partial charge on any atom is 0.254 e. The zero-order chi connectivity index (χ0) is 14.1. The quantitative estimate of drug-likeness (QED) is 0.842. The van der Waals surface area contributed by atoms with E-state index in [4.69, 9.17) is 0 Å². The van der Waals surface area contributed by atoms with Crippen LogP contribution >= 0.6 is 0 Å². The average Bonchev–Trinajstić information content (AvgIpc) is 2.85. The molecule has 1 saturated heterocycles. The van der Waals surface area contributed by atoms with Crippen LogP contribution in [0.2, 0.25) is 0 Å². The number of piperidine rings is 1. The Balaban J connectivity index is 1.81. The Morgan fingerprint density at radius 2 is 2.30 bits per heavy atom. The van der Waals surface area contributed by atoms with E-state index in [1.54, 1.807) is 6.33 Å². The molecule has 1 aliphatic rings. The van der Waals surface area contributed by atoms with Crippen LogP contribution in [0.1, 0.15) is 18.5 Å². The van der Waals surface area contributed by atoms with Crippen molar-refractivity contribution in [2.45, 2.75) is 19.8 Å². The van der Waals surface area contributed by atoms with Gasteiger partial charge in [0.25, 0.3) is 5.78 Å². The lowest BCUT2D eigenvalue weighted by Crippen LogP contribution is -2.38. The van der Waals surface area contributed by atoms with Gasteiger partial charge in [-0.05, 0) is 39.3 Å². The second-order valence-electron chi connectivity index (χ2n) is 5.88. The van der Waals surface area contributed by atoms with Crippen LogP contribution in [0.5, 0.6) is 0 Å². The summed E-state index contributed by atoms with van der Waals surface area (Å²) in [5.41, 5.74) is 0.980. The van der Waals surface area contributed by atoms with Crippen molar-refractivity contribution in [3.63, 3.8) is 0 Å². The fraction of sp³-hybridized carbons (Fsp3) is 0.643. The summed E-state index contributed by atoms with van der Waals surface area (Å²) in [7, 11) is 4.34. The first kappa shape index (κ1) is 13.3. The number of nitrogens with zero attached hydrogens (tertiary/aromatic N) is 6. The summed E-state index contributed by atoms with van der Waals surface area (Å²) in [6.07, 6.45) is 4.16. The Hall–Kier alpha value is -1.69. The van der Waals surface area contributed by atoms with Crippen molar-refractivity contribution < 1.29 is 0 Å². The fourth-order valence-corrected chi connectivity index (χ4v) is 3.09. The number of fused-ring (bicyclic) bond motifs is 1. The second-order valence-corrected chi connectivity index (χ2v) is 5.88. The first-order valence-corrected chi connectivity index (χ1v) is 7.20. The molecule has 0 N–H and O–H groups in total. The molecule has 20 heavy (non-hydrogen) atoms. The summed E-state index contributed by atoms with van der Waals surface area (Å²) in [6.45, 7) is 5.44. The molecule has 1 atom stereocenters. The van der Waals surface area contributed by atoms with Crippen LogP contribution in [0.4, 0.5) is 5.82 Å². The Morgan fingerprint density at radius 1 is 1.45 bits per heavy atom. The smallest absolute Gasteiger partial charge is 0.254 e. The third-order valence-corrected chi connectivity index (χ3v) is 4.01. The van der Waals surface area contributed by atoms with E-state index in [2.05, 4.69) is 45.0 Å². The van der Waals surface area contributed by atoms with Crippen molar-refractivity contribution in [2.75, 3.05) is 38.6 Å². The molecule has 2 aromatic rings. The second kappa shape index (κ2) is 5.36. The molecule has 1 aliphatic heterocycles. The van der Waals surface area contributed by atoms with E-state index in [1.807, 2.05) is 11.4 Å². The minimum Gasteiger partial charge on any atom is -0.359 e. The Bertz CT molecular complexity index is 592. The standard InChI is InChI=1S/C14H22N6/c1-11-7-13(20-14(17-11)15-10-16-20)19(3)9-12-5-4-6-18(2)8-12/h7,10,12H,4-6,8-9H2,1-3H3. The summed E-state index contributed by atoms with van der Waals surface area (Å²) in [4.78, 5) is 13.3. The van der Waals surface area contributed by atoms with Crippen LogP contribution in [0.15, 0.2) is 12.4 Å². The summed E-state index contributed by atoms with van der Waals surface area (Å²) in [6, 6.07) is 2.08. The van der Waals surface area contributed by atoms with Crippen molar-refractivity contribution in [1.29, 1.82) is 0 Å². The number of rotatable bonds is 3. The lowest BCUT2D eigenvalue weighted by molar-refractivity contribution is 0.213. The number of likely N-dealkylation sites (tertiary alicyclic amines) is 1. The number of hydrogen-bond acceptors (Lipinski definition) is 5. The number of aromatic nitrogens is 4. The van der Waals surface area contributed by atoms with Gasteiger partial charge in [0, 0.05) is 31.9 Å². The molecular formula is C14H22N6. The molecule has 6 nitrogen and oxygen atoms in total. The maximum atomic E-state index is 4.39. The number of hydrogen-bond donors (Lipinski definition) is 0. The summed E-state index contributed by atoms with van der Waals surface area (Å²) in [5, 5.41) is 4.28. The Labute approximate surface area is 119 Å². The van der Waals surface area contributed by atoms with Gasteiger partial charge in [0.15, 0.2) is 0 Å². The van der Waals surface area contributed by atoms with Crippen LogP contribution in [-0.4, -0.2) is 58.2 Å². The topological polar surface area (TPSA) is 49.6 Å². The van der Waals surface area contributed by atoms with Crippen molar-refractivity contribution >= 4 is 11.6 Å². The van der Waals surface area contributed by atoms with Gasteiger partial charge in [0.2, 0.25) is 0 Å². The van der Waals surface area contributed by atoms with E-state index < -0.39 is 0 Å². The normalized spacial score (nSPS) is 20.4. The first-order valence-electron chi connectivity index (χ1n) is 7.20. The molecule has 2 aromatic heterocycles. The van der Waals surface area contributed by atoms with Gasteiger partial charge in [-0.25, -0.2) is 4.98 Å². The highest BCUT2D eigenvalue weighted by Gasteiger charge is 2.20. The van der Waals surface area contributed by atoms with Gasteiger partial charge in [-0.3, -0.25) is 0 Å². The Kier molecular flexibility index (Phi) is 3.56. The third kappa shape index (κ3) is 2.60. The molecule has 0 saturated carbocycles. The molecule has 6 heteroatoms. The van der Waals surface area contributed by atoms with Crippen molar-refractivity contribution in [2.24, 2.45) is 5.92 Å². The average molecular weight is 274 g/mol. The summed E-state index contributed by atoms with van der Waals surface area (Å²) in [5.74, 6) is 2.46. The van der Waals surface area contributed by atoms with Crippen LogP contribution in [0, 0.1) is 12.8 Å². The molecule has 0 radical (unpaired) electrons. The minimum atomic E-state index is 0.674. The van der Waals surface area contributed by atoms with E-state index in [0.717, 1.165) is 18.1 Å². The van der Waals surface area contributed by atoms with Gasteiger partial charge in [0.1, 0.15) is 12.1 Å². The van der Waals surface area contributed by atoms with Gasteiger partial charge in [-0.2, -0.15) is 14.6 Å².